The molecule has 1 amide bonds. The monoisotopic (exact) mass is 363 g/mol. The first kappa shape index (κ1) is 18.8. The van der Waals surface area contributed by atoms with E-state index >= 15 is 0 Å². The quantitative estimate of drug-likeness (QED) is 0.865. The normalized spacial score (nSPS) is 17.2. The van der Waals surface area contributed by atoms with Crippen molar-refractivity contribution in [1.82, 2.24) is 15.2 Å². The number of fused-ring (bicyclic) bond motifs is 1. The van der Waals surface area contributed by atoms with Gasteiger partial charge in [-0.25, -0.2) is 8.78 Å². The van der Waals surface area contributed by atoms with Crippen LogP contribution in [-0.2, 0) is 5.41 Å². The molecule has 26 heavy (non-hydrogen) atoms. The first-order chi connectivity index (χ1) is 12.2. The molecule has 2 heterocycles. The molecule has 0 unspecified atom stereocenters. The molecule has 142 valence electrons. The number of hydrogen-bond acceptors (Lipinski definition) is 2. The van der Waals surface area contributed by atoms with Gasteiger partial charge in [0.2, 0.25) is 0 Å². The number of likely N-dealkylation sites (tertiary alicyclic amines) is 1. The van der Waals surface area contributed by atoms with E-state index in [4.69, 9.17) is 0 Å². The Balaban J connectivity index is 1.63. The summed E-state index contributed by atoms with van der Waals surface area (Å²) in [6, 6.07) is 8.12. The van der Waals surface area contributed by atoms with Crippen LogP contribution >= 0.6 is 0 Å². The van der Waals surface area contributed by atoms with Gasteiger partial charge in [-0.2, -0.15) is 0 Å². The van der Waals surface area contributed by atoms with Crippen LogP contribution in [0.3, 0.4) is 0 Å². The maximum atomic E-state index is 12.5. The predicted octanol–water partition coefficient (Wildman–Crippen LogP) is 3.92. The van der Waals surface area contributed by atoms with Crippen LogP contribution in [0.2, 0.25) is 0 Å². The van der Waals surface area contributed by atoms with E-state index in [0.29, 0.717) is 31.6 Å². The van der Waals surface area contributed by atoms with Gasteiger partial charge in [-0.05, 0) is 36.0 Å². The standard InChI is InChI=1S/C20H27F2N3O/c1-20(2,3)14-5-4-13-10-17(24-16(13)11-14)19(26)23-15-6-8-25(9-7-15)12-18(21)22/h4-5,10-11,15,18,24H,6-9,12H2,1-3H3,(H,23,26). The largest absolute Gasteiger partial charge is 0.351 e. The number of benzene rings is 1. The molecule has 2 aromatic rings. The summed E-state index contributed by atoms with van der Waals surface area (Å²) >= 11 is 0. The highest BCUT2D eigenvalue weighted by atomic mass is 19.3. The highest BCUT2D eigenvalue weighted by Gasteiger charge is 2.23. The van der Waals surface area contributed by atoms with E-state index in [9.17, 15) is 13.6 Å². The van der Waals surface area contributed by atoms with Crippen LogP contribution in [0.5, 0.6) is 0 Å². The second-order valence-corrected chi connectivity index (χ2v) is 8.17. The van der Waals surface area contributed by atoms with Gasteiger partial charge in [0.05, 0.1) is 6.54 Å². The third-order valence-electron chi connectivity index (χ3n) is 5.05. The molecule has 4 nitrogen and oxygen atoms in total. The molecule has 1 aliphatic rings. The third-order valence-corrected chi connectivity index (χ3v) is 5.05. The molecule has 0 atom stereocenters. The molecule has 0 bridgehead atoms. The fraction of sp³-hybridized carbons (Fsp3) is 0.550. The molecule has 1 aromatic heterocycles. The minimum absolute atomic E-state index is 0.0352. The lowest BCUT2D eigenvalue weighted by molar-refractivity contribution is 0.0695. The number of piperidine rings is 1. The number of H-pyrrole nitrogens is 1. The van der Waals surface area contributed by atoms with Gasteiger partial charge in [-0.3, -0.25) is 9.69 Å². The number of carbonyl (C=O) groups excluding carboxylic acids is 1. The lowest BCUT2D eigenvalue weighted by atomic mass is 9.87. The molecule has 0 saturated carbocycles. The van der Waals surface area contributed by atoms with Crippen molar-refractivity contribution in [1.29, 1.82) is 0 Å². The Labute approximate surface area is 152 Å². The van der Waals surface area contributed by atoms with Gasteiger partial charge >= 0.3 is 0 Å². The lowest BCUT2D eigenvalue weighted by Crippen LogP contribution is -2.45. The number of aromatic nitrogens is 1. The van der Waals surface area contributed by atoms with Gasteiger partial charge in [0, 0.05) is 30.0 Å². The van der Waals surface area contributed by atoms with E-state index < -0.39 is 6.43 Å². The molecule has 0 aliphatic carbocycles. The second kappa shape index (κ2) is 7.35. The molecule has 0 radical (unpaired) electrons. The van der Waals surface area contributed by atoms with E-state index in [2.05, 4.69) is 43.2 Å². The second-order valence-electron chi connectivity index (χ2n) is 8.17. The van der Waals surface area contributed by atoms with Crippen LogP contribution in [0.1, 0.15) is 49.7 Å². The van der Waals surface area contributed by atoms with E-state index in [1.165, 1.54) is 5.56 Å². The first-order valence-electron chi connectivity index (χ1n) is 9.17. The Hall–Kier alpha value is -1.95. The number of alkyl halides is 2. The number of halogens is 2. The SMILES string of the molecule is CC(C)(C)c1ccc2cc(C(=O)NC3CCN(CC(F)F)CC3)[nH]c2c1. The van der Waals surface area contributed by atoms with Crippen LogP contribution in [0, 0.1) is 0 Å². The maximum Gasteiger partial charge on any atom is 0.267 e. The number of rotatable bonds is 4. The van der Waals surface area contributed by atoms with E-state index in [1.54, 1.807) is 4.90 Å². The molecule has 0 spiro atoms. The van der Waals surface area contributed by atoms with Gasteiger partial charge in [0.25, 0.3) is 12.3 Å². The summed E-state index contributed by atoms with van der Waals surface area (Å²) in [6.07, 6.45) is -0.898. The highest BCUT2D eigenvalue weighted by molar-refractivity contribution is 5.98. The van der Waals surface area contributed by atoms with Gasteiger partial charge < -0.3 is 10.3 Å². The summed E-state index contributed by atoms with van der Waals surface area (Å²) in [5, 5.41) is 4.04. The number of aromatic amines is 1. The molecule has 1 aliphatic heterocycles. The summed E-state index contributed by atoms with van der Waals surface area (Å²) in [7, 11) is 0. The Bertz CT molecular complexity index is 771. The molecular formula is C20H27F2N3O. The summed E-state index contributed by atoms with van der Waals surface area (Å²) in [5.74, 6) is -0.134. The van der Waals surface area contributed by atoms with Gasteiger partial charge in [0.15, 0.2) is 0 Å². The smallest absolute Gasteiger partial charge is 0.267 e. The summed E-state index contributed by atoms with van der Waals surface area (Å²) in [5.41, 5.74) is 2.76. The minimum atomic E-state index is -2.30. The Kier molecular flexibility index (Phi) is 5.32. The summed E-state index contributed by atoms with van der Waals surface area (Å²) in [6.45, 7) is 7.48. The average Bonchev–Trinajstić information content (AvgIpc) is 2.98. The Morgan fingerprint density at radius 1 is 1.27 bits per heavy atom. The molecular weight excluding hydrogens is 336 g/mol. The van der Waals surface area contributed by atoms with Crippen LogP contribution < -0.4 is 5.32 Å². The zero-order chi connectivity index (χ0) is 18.9. The topological polar surface area (TPSA) is 48.1 Å². The third kappa shape index (κ3) is 4.41. The molecule has 2 N–H and O–H groups in total. The van der Waals surface area contributed by atoms with Crippen molar-refractivity contribution in [3.05, 3.63) is 35.5 Å². The fourth-order valence-electron chi connectivity index (χ4n) is 3.43. The van der Waals surface area contributed by atoms with Crippen molar-refractivity contribution in [2.24, 2.45) is 0 Å². The number of nitrogens with one attached hydrogen (secondary N) is 2. The van der Waals surface area contributed by atoms with Crippen LogP contribution in [0.4, 0.5) is 8.78 Å². The lowest BCUT2D eigenvalue weighted by Gasteiger charge is -2.31. The van der Waals surface area contributed by atoms with Crippen LogP contribution in [-0.4, -0.2) is 47.9 Å². The van der Waals surface area contributed by atoms with Gasteiger partial charge in [-0.15, -0.1) is 0 Å². The van der Waals surface area contributed by atoms with Crippen molar-refractivity contribution in [3.8, 4) is 0 Å². The zero-order valence-electron chi connectivity index (χ0n) is 15.6. The molecule has 1 aromatic carbocycles. The molecule has 1 fully saturated rings. The van der Waals surface area contributed by atoms with Crippen LogP contribution in [0.15, 0.2) is 24.3 Å². The van der Waals surface area contributed by atoms with Crippen molar-refractivity contribution >= 4 is 16.8 Å². The van der Waals surface area contributed by atoms with E-state index in [0.717, 1.165) is 10.9 Å². The average molecular weight is 363 g/mol. The predicted molar refractivity (Wildman–Crippen MR) is 99.9 cm³/mol. The van der Waals surface area contributed by atoms with E-state index in [-0.39, 0.29) is 23.9 Å². The summed E-state index contributed by atoms with van der Waals surface area (Å²) < 4.78 is 24.9. The number of nitrogens with zero attached hydrogens (tertiary/aromatic N) is 1. The van der Waals surface area contributed by atoms with Crippen molar-refractivity contribution in [2.45, 2.75) is 51.5 Å². The molecule has 1 saturated heterocycles. The highest BCUT2D eigenvalue weighted by Crippen LogP contribution is 2.26. The van der Waals surface area contributed by atoms with Crippen molar-refractivity contribution in [2.75, 3.05) is 19.6 Å². The van der Waals surface area contributed by atoms with Gasteiger partial charge in [-0.1, -0.05) is 32.9 Å². The number of carbonyl (C=O) groups is 1. The van der Waals surface area contributed by atoms with Crippen molar-refractivity contribution in [3.63, 3.8) is 0 Å². The van der Waals surface area contributed by atoms with Crippen molar-refractivity contribution < 1.29 is 13.6 Å². The Morgan fingerprint density at radius 3 is 2.58 bits per heavy atom. The minimum Gasteiger partial charge on any atom is -0.351 e. The number of hydrogen-bond donors (Lipinski definition) is 2. The fourth-order valence-corrected chi connectivity index (χ4v) is 3.43. The van der Waals surface area contributed by atoms with Gasteiger partial charge in [0.1, 0.15) is 5.69 Å². The molecule has 6 heteroatoms. The number of amides is 1. The zero-order valence-corrected chi connectivity index (χ0v) is 15.6. The molecule has 3 rings (SSSR count). The maximum absolute atomic E-state index is 12.5. The van der Waals surface area contributed by atoms with Crippen LogP contribution in [0.25, 0.3) is 10.9 Å². The first-order valence-corrected chi connectivity index (χ1v) is 9.17. The summed E-state index contributed by atoms with van der Waals surface area (Å²) in [4.78, 5) is 17.5. The van der Waals surface area contributed by atoms with E-state index in [1.807, 2.05) is 12.1 Å². The Morgan fingerprint density at radius 2 is 1.96 bits per heavy atom.